The maximum atomic E-state index is 15.4. The predicted molar refractivity (Wildman–Crippen MR) is 171 cm³/mol. The summed E-state index contributed by atoms with van der Waals surface area (Å²) in [5.41, 5.74) is 3.40. The number of hydrogen-bond donors (Lipinski definition) is 3. The van der Waals surface area contributed by atoms with Crippen molar-refractivity contribution in [3.8, 4) is 22.4 Å². The quantitative estimate of drug-likeness (QED) is 0.227. The van der Waals surface area contributed by atoms with Crippen molar-refractivity contribution in [3.63, 3.8) is 0 Å². The highest BCUT2D eigenvalue weighted by Gasteiger charge is 2.37. The first-order chi connectivity index (χ1) is 23.1. The van der Waals surface area contributed by atoms with Crippen LogP contribution in [0.1, 0.15) is 44.2 Å². The number of hydrogen-bond acceptors (Lipinski definition) is 9. The number of imidazole rings is 1. The molecule has 4 aromatic rings. The average molecular weight is 661 g/mol. The highest BCUT2D eigenvalue weighted by molar-refractivity contribution is 5.90. The van der Waals surface area contributed by atoms with Crippen LogP contribution in [0.15, 0.2) is 54.9 Å². The summed E-state index contributed by atoms with van der Waals surface area (Å²) in [5.74, 6) is -0.150. The zero-order valence-electron chi connectivity index (χ0n) is 26.8. The second-order valence-electron chi connectivity index (χ2n) is 12.2. The fraction of sp³-hybridized carbons (Fsp3) is 0.394. The summed E-state index contributed by atoms with van der Waals surface area (Å²) in [7, 11) is 1.27. The van der Waals surface area contributed by atoms with Gasteiger partial charge in [-0.05, 0) is 48.1 Å². The Labute approximate surface area is 275 Å². The van der Waals surface area contributed by atoms with E-state index in [-0.39, 0.29) is 37.6 Å². The molecule has 2 aliphatic heterocycles. The molecule has 252 valence electrons. The first-order valence-corrected chi connectivity index (χ1v) is 15.7. The number of ether oxygens (including phenoxy) is 2. The number of alkyl carbamates (subject to hydrolysis) is 1. The standard InChI is InChI=1S/C33H37FN8O6/c1-19(2)29(37-32(45)47-3)31(44)41-12-4-5-28(41)30-35-14-27(36-30)21-8-6-20(7-9-21)25-11-10-23(13-26(25)34)42-17-24(48-33(42)46)16-40-15-22(18-43)38-39-40/h6-11,13-15,19,24,28-29,43H,4-5,12,16-18H2,1-3H3,(H,35,36)(H,37,45)/t24-,28-,29-/m0/s1. The van der Waals surface area contributed by atoms with E-state index >= 15 is 4.39 Å². The third-order valence-corrected chi connectivity index (χ3v) is 8.62. The topological polar surface area (TPSA) is 168 Å². The van der Waals surface area contributed by atoms with E-state index in [0.717, 1.165) is 24.1 Å². The van der Waals surface area contributed by atoms with Gasteiger partial charge in [-0.3, -0.25) is 9.69 Å². The number of benzene rings is 2. The number of nitrogens with one attached hydrogen (secondary N) is 2. The third kappa shape index (κ3) is 6.72. The number of cyclic esters (lactones) is 1. The molecule has 3 N–H and O–H groups in total. The van der Waals surface area contributed by atoms with E-state index in [0.29, 0.717) is 34.9 Å². The SMILES string of the molecule is COC(=O)N[C@H](C(=O)N1CCC[C@H]1c1ncc(-c2ccc(-c3ccc(N4C[C@H](Cn5cc(CO)nn5)OC4=O)cc3F)cc2)[nH]1)C(C)C. The lowest BCUT2D eigenvalue weighted by Crippen LogP contribution is -2.51. The number of halogens is 1. The molecule has 0 bridgehead atoms. The van der Waals surface area contributed by atoms with Crippen molar-refractivity contribution in [3.05, 3.63) is 72.2 Å². The molecule has 14 nitrogen and oxygen atoms in total. The minimum atomic E-state index is -0.720. The molecule has 2 aliphatic rings. The van der Waals surface area contributed by atoms with Gasteiger partial charge in [0, 0.05) is 12.1 Å². The van der Waals surface area contributed by atoms with Crippen molar-refractivity contribution in [2.24, 2.45) is 5.92 Å². The third-order valence-electron chi connectivity index (χ3n) is 8.62. The summed E-state index contributed by atoms with van der Waals surface area (Å²) >= 11 is 0. The smallest absolute Gasteiger partial charge is 0.414 e. The number of amides is 3. The molecule has 2 aromatic heterocycles. The van der Waals surface area contributed by atoms with Crippen LogP contribution < -0.4 is 10.2 Å². The molecular weight excluding hydrogens is 623 g/mol. The van der Waals surface area contributed by atoms with Crippen LogP contribution in [0, 0.1) is 11.7 Å². The number of carbonyl (C=O) groups excluding carboxylic acids is 3. The number of likely N-dealkylation sites (tertiary alicyclic amines) is 1. The summed E-state index contributed by atoms with van der Waals surface area (Å²) in [6, 6.07) is 11.0. The van der Waals surface area contributed by atoms with E-state index in [4.69, 9.17) is 9.47 Å². The number of aromatic amines is 1. The molecule has 48 heavy (non-hydrogen) atoms. The first-order valence-electron chi connectivity index (χ1n) is 15.7. The van der Waals surface area contributed by atoms with Crippen LogP contribution in [-0.4, -0.2) is 85.4 Å². The average Bonchev–Trinajstić information content (AvgIpc) is 3.90. The minimum absolute atomic E-state index is 0.132. The lowest BCUT2D eigenvalue weighted by Gasteiger charge is -2.30. The molecule has 3 amide bonds. The highest BCUT2D eigenvalue weighted by Crippen LogP contribution is 2.34. The molecule has 6 rings (SSSR count). The van der Waals surface area contributed by atoms with Gasteiger partial charge in [0.25, 0.3) is 0 Å². The Morgan fingerprint density at radius 3 is 2.65 bits per heavy atom. The van der Waals surface area contributed by atoms with Crippen molar-refractivity contribution < 1.29 is 33.4 Å². The number of aliphatic hydroxyl groups excluding tert-OH is 1. The van der Waals surface area contributed by atoms with Crippen molar-refractivity contribution in [2.75, 3.05) is 25.1 Å². The van der Waals surface area contributed by atoms with Gasteiger partial charge in [0.05, 0.1) is 56.6 Å². The summed E-state index contributed by atoms with van der Waals surface area (Å²) in [5, 5.41) is 19.6. The summed E-state index contributed by atoms with van der Waals surface area (Å²) < 4.78 is 27.0. The second-order valence-corrected chi connectivity index (χ2v) is 12.2. The van der Waals surface area contributed by atoms with Crippen LogP contribution in [0.3, 0.4) is 0 Å². The number of anilines is 1. The molecule has 0 radical (unpaired) electrons. The van der Waals surface area contributed by atoms with Crippen molar-refractivity contribution >= 4 is 23.8 Å². The van der Waals surface area contributed by atoms with Gasteiger partial charge in [-0.2, -0.15) is 0 Å². The van der Waals surface area contributed by atoms with Gasteiger partial charge in [-0.1, -0.05) is 43.3 Å². The van der Waals surface area contributed by atoms with E-state index in [9.17, 15) is 19.5 Å². The van der Waals surface area contributed by atoms with Crippen LogP contribution in [0.2, 0.25) is 0 Å². The fourth-order valence-electron chi connectivity index (χ4n) is 6.12. The van der Waals surface area contributed by atoms with Crippen LogP contribution in [-0.2, 0) is 27.4 Å². The lowest BCUT2D eigenvalue weighted by atomic mass is 10.0. The maximum Gasteiger partial charge on any atom is 0.414 e. The van der Waals surface area contributed by atoms with Gasteiger partial charge in [0.2, 0.25) is 5.91 Å². The van der Waals surface area contributed by atoms with E-state index in [1.807, 2.05) is 38.1 Å². The van der Waals surface area contributed by atoms with Crippen LogP contribution >= 0.6 is 0 Å². The number of methoxy groups -OCH3 is 1. The summed E-state index contributed by atoms with van der Waals surface area (Å²) in [4.78, 5) is 49.0. The van der Waals surface area contributed by atoms with Crippen LogP contribution in [0.5, 0.6) is 0 Å². The Morgan fingerprint density at radius 1 is 1.19 bits per heavy atom. The van der Waals surface area contributed by atoms with Gasteiger partial charge in [-0.15, -0.1) is 5.10 Å². The summed E-state index contributed by atoms with van der Waals surface area (Å²) in [6.45, 7) is 4.52. The van der Waals surface area contributed by atoms with E-state index in [2.05, 4.69) is 25.6 Å². The largest absolute Gasteiger partial charge is 0.453 e. The fourth-order valence-corrected chi connectivity index (χ4v) is 6.12. The molecule has 2 fully saturated rings. The molecule has 4 heterocycles. The van der Waals surface area contributed by atoms with Gasteiger partial charge in [0.15, 0.2) is 0 Å². The molecule has 2 saturated heterocycles. The molecular formula is C33H37FN8O6. The molecule has 0 aliphatic carbocycles. The molecule has 0 unspecified atom stereocenters. The zero-order chi connectivity index (χ0) is 33.9. The second kappa shape index (κ2) is 13.8. The minimum Gasteiger partial charge on any atom is -0.453 e. The van der Waals surface area contributed by atoms with Gasteiger partial charge < -0.3 is 29.8 Å². The van der Waals surface area contributed by atoms with Gasteiger partial charge in [0.1, 0.15) is 29.5 Å². The number of carbonyl (C=O) groups is 3. The Morgan fingerprint density at radius 2 is 1.96 bits per heavy atom. The van der Waals surface area contributed by atoms with E-state index in [1.165, 1.54) is 22.8 Å². The number of nitrogens with zero attached hydrogens (tertiary/aromatic N) is 6. The van der Waals surface area contributed by atoms with Crippen molar-refractivity contribution in [2.45, 2.75) is 58.0 Å². The molecule has 3 atom stereocenters. The number of aromatic nitrogens is 5. The highest BCUT2D eigenvalue weighted by atomic mass is 19.1. The number of aliphatic hydroxyl groups is 1. The van der Waals surface area contributed by atoms with Crippen molar-refractivity contribution in [1.82, 2.24) is 35.2 Å². The van der Waals surface area contributed by atoms with E-state index in [1.54, 1.807) is 29.4 Å². The van der Waals surface area contributed by atoms with Gasteiger partial charge >= 0.3 is 12.2 Å². The van der Waals surface area contributed by atoms with Crippen LogP contribution in [0.25, 0.3) is 22.4 Å². The Hall–Kier alpha value is -5.31. The molecule has 0 saturated carbocycles. The molecule has 0 spiro atoms. The maximum absolute atomic E-state index is 15.4. The number of rotatable bonds is 10. The predicted octanol–water partition coefficient (Wildman–Crippen LogP) is 4.04. The molecule has 2 aromatic carbocycles. The number of H-pyrrole nitrogens is 1. The monoisotopic (exact) mass is 660 g/mol. The zero-order valence-corrected chi connectivity index (χ0v) is 26.8. The van der Waals surface area contributed by atoms with E-state index < -0.39 is 30.1 Å². The summed E-state index contributed by atoms with van der Waals surface area (Å²) in [6.07, 6.45) is 3.08. The van der Waals surface area contributed by atoms with Gasteiger partial charge in [-0.25, -0.2) is 23.6 Å². The Bertz CT molecular complexity index is 1790. The Balaban J connectivity index is 1.12. The van der Waals surface area contributed by atoms with Crippen molar-refractivity contribution in [1.29, 1.82) is 0 Å². The van der Waals surface area contributed by atoms with Crippen LogP contribution in [0.4, 0.5) is 19.7 Å². The lowest BCUT2D eigenvalue weighted by molar-refractivity contribution is -0.135. The Kier molecular flexibility index (Phi) is 9.39. The normalized spacial score (nSPS) is 18.3. The first kappa shape index (κ1) is 32.6. The molecule has 15 heteroatoms.